The summed E-state index contributed by atoms with van der Waals surface area (Å²) in [6.45, 7) is 8.39. The quantitative estimate of drug-likeness (QED) is 0.216. The monoisotopic (exact) mass is 573 g/mol. The molecule has 0 atom stereocenters. The Hall–Kier alpha value is -4.20. The highest BCUT2D eigenvalue weighted by Gasteiger charge is 2.27. The Morgan fingerprint density at radius 1 is 0.905 bits per heavy atom. The van der Waals surface area contributed by atoms with Gasteiger partial charge in [-0.25, -0.2) is 0 Å². The second-order valence-corrected chi connectivity index (χ2v) is 11.4. The number of benzene rings is 2. The molecule has 2 aromatic carbocycles. The number of pyridine rings is 1. The van der Waals surface area contributed by atoms with E-state index in [2.05, 4.69) is 43.3 Å². The number of anilines is 1. The summed E-state index contributed by atoms with van der Waals surface area (Å²) in [6, 6.07) is 12.4. The SMILES string of the molecule is CCCCCCCC(=O)Nc1ccc(OC)c(-c2cc(C(=O)NC(=O)Cc3cccnc3)ccc2C(C)(C)C)c1OC. The Kier molecular flexibility index (Phi) is 11.7. The predicted molar refractivity (Wildman–Crippen MR) is 166 cm³/mol. The highest BCUT2D eigenvalue weighted by atomic mass is 16.5. The summed E-state index contributed by atoms with van der Waals surface area (Å²) >= 11 is 0. The van der Waals surface area contributed by atoms with Crippen molar-refractivity contribution in [1.82, 2.24) is 10.3 Å². The fourth-order valence-corrected chi connectivity index (χ4v) is 4.88. The van der Waals surface area contributed by atoms with Gasteiger partial charge in [-0.2, -0.15) is 0 Å². The fourth-order valence-electron chi connectivity index (χ4n) is 4.88. The smallest absolute Gasteiger partial charge is 0.257 e. The minimum Gasteiger partial charge on any atom is -0.496 e. The van der Waals surface area contributed by atoms with Gasteiger partial charge >= 0.3 is 0 Å². The van der Waals surface area contributed by atoms with Gasteiger partial charge in [-0.05, 0) is 58.9 Å². The van der Waals surface area contributed by atoms with E-state index in [1.807, 2.05) is 6.07 Å². The Balaban J connectivity index is 1.98. The first kappa shape index (κ1) is 32.3. The normalized spacial score (nSPS) is 11.1. The molecule has 0 unspecified atom stereocenters. The van der Waals surface area contributed by atoms with Gasteiger partial charge in [-0.3, -0.25) is 24.7 Å². The largest absolute Gasteiger partial charge is 0.496 e. The maximum Gasteiger partial charge on any atom is 0.257 e. The molecule has 0 aliphatic heterocycles. The molecule has 1 aromatic heterocycles. The zero-order chi connectivity index (χ0) is 30.7. The molecule has 0 aliphatic rings. The first-order valence-corrected chi connectivity index (χ1v) is 14.5. The van der Waals surface area contributed by atoms with Gasteiger partial charge in [-0.15, -0.1) is 0 Å². The van der Waals surface area contributed by atoms with Crippen molar-refractivity contribution in [3.63, 3.8) is 0 Å². The first-order valence-electron chi connectivity index (χ1n) is 14.5. The third-order valence-corrected chi connectivity index (χ3v) is 7.02. The van der Waals surface area contributed by atoms with Crippen molar-refractivity contribution < 1.29 is 23.9 Å². The molecule has 8 heteroatoms. The van der Waals surface area contributed by atoms with E-state index in [-0.39, 0.29) is 17.7 Å². The number of methoxy groups -OCH3 is 2. The van der Waals surface area contributed by atoms with Crippen LogP contribution < -0.4 is 20.1 Å². The number of aromatic nitrogens is 1. The number of nitrogens with zero attached hydrogens (tertiary/aromatic N) is 1. The van der Waals surface area contributed by atoms with Crippen molar-refractivity contribution in [2.45, 2.75) is 78.1 Å². The van der Waals surface area contributed by atoms with Crippen LogP contribution in [0.25, 0.3) is 11.1 Å². The zero-order valence-electron chi connectivity index (χ0n) is 25.6. The van der Waals surface area contributed by atoms with Crippen molar-refractivity contribution in [1.29, 1.82) is 0 Å². The van der Waals surface area contributed by atoms with Gasteiger partial charge in [0.1, 0.15) is 5.75 Å². The van der Waals surface area contributed by atoms with Crippen molar-refractivity contribution in [3.8, 4) is 22.6 Å². The van der Waals surface area contributed by atoms with E-state index in [9.17, 15) is 14.4 Å². The van der Waals surface area contributed by atoms with E-state index in [0.717, 1.165) is 31.2 Å². The van der Waals surface area contributed by atoms with Crippen LogP contribution >= 0.6 is 0 Å². The standard InChI is InChI=1S/C34H43N3O5/c1-7-8-9-10-11-14-29(38)36-27-17-18-28(41-5)31(32(27)42-6)25-21-24(15-16-26(25)34(2,3)4)33(40)37-30(39)20-23-13-12-19-35-22-23/h12-13,15-19,21-22H,7-11,14,20H2,1-6H3,(H,36,38)(H,37,39,40). The van der Waals surface area contributed by atoms with Crippen LogP contribution in [-0.4, -0.2) is 36.9 Å². The maximum absolute atomic E-state index is 13.2. The molecule has 1 heterocycles. The lowest BCUT2D eigenvalue weighted by Gasteiger charge is -2.26. The molecule has 0 aliphatic carbocycles. The highest BCUT2D eigenvalue weighted by molar-refractivity contribution is 6.06. The lowest BCUT2D eigenvalue weighted by atomic mass is 9.80. The van der Waals surface area contributed by atoms with Crippen LogP contribution in [0.3, 0.4) is 0 Å². The first-order chi connectivity index (χ1) is 20.1. The van der Waals surface area contributed by atoms with Gasteiger partial charge < -0.3 is 14.8 Å². The molecule has 0 bridgehead atoms. The Bertz CT molecular complexity index is 1380. The molecule has 3 amide bonds. The number of hydrogen-bond donors (Lipinski definition) is 2. The highest BCUT2D eigenvalue weighted by Crippen LogP contribution is 2.47. The number of nitrogens with one attached hydrogen (secondary N) is 2. The van der Waals surface area contributed by atoms with Crippen LogP contribution in [0, 0.1) is 0 Å². The average Bonchev–Trinajstić information content (AvgIpc) is 2.96. The molecule has 2 N–H and O–H groups in total. The zero-order valence-corrected chi connectivity index (χ0v) is 25.6. The van der Waals surface area contributed by atoms with Gasteiger partial charge in [0.25, 0.3) is 5.91 Å². The van der Waals surface area contributed by atoms with Gasteiger partial charge in [0, 0.05) is 24.4 Å². The summed E-state index contributed by atoms with van der Waals surface area (Å²) in [4.78, 5) is 42.7. The Labute approximate surface area is 249 Å². The molecule has 0 saturated heterocycles. The number of carbonyl (C=O) groups excluding carboxylic acids is 3. The molecular formula is C34H43N3O5. The third-order valence-electron chi connectivity index (χ3n) is 7.02. The second kappa shape index (κ2) is 15.1. The summed E-state index contributed by atoms with van der Waals surface area (Å²) in [5, 5.41) is 5.49. The van der Waals surface area contributed by atoms with Crippen LogP contribution in [0.15, 0.2) is 54.9 Å². The van der Waals surface area contributed by atoms with E-state index < -0.39 is 11.8 Å². The molecular weight excluding hydrogens is 530 g/mol. The molecule has 0 fully saturated rings. The number of amides is 3. The predicted octanol–water partition coefficient (Wildman–Crippen LogP) is 6.86. The molecule has 0 spiro atoms. The molecule has 42 heavy (non-hydrogen) atoms. The molecule has 0 saturated carbocycles. The third kappa shape index (κ3) is 8.65. The minimum atomic E-state index is -0.518. The van der Waals surface area contributed by atoms with Crippen LogP contribution in [0.1, 0.15) is 87.7 Å². The van der Waals surface area contributed by atoms with Crippen molar-refractivity contribution in [2.24, 2.45) is 0 Å². The van der Waals surface area contributed by atoms with E-state index in [1.165, 1.54) is 6.42 Å². The number of hydrogen-bond acceptors (Lipinski definition) is 6. The molecule has 8 nitrogen and oxygen atoms in total. The molecule has 3 rings (SSSR count). The maximum atomic E-state index is 13.2. The van der Waals surface area contributed by atoms with Gasteiger partial charge in [-0.1, -0.05) is 65.5 Å². The Morgan fingerprint density at radius 3 is 2.31 bits per heavy atom. The van der Waals surface area contributed by atoms with Gasteiger partial charge in [0.05, 0.1) is 31.9 Å². The number of carbonyl (C=O) groups is 3. The number of rotatable bonds is 13. The van der Waals surface area contributed by atoms with Crippen LogP contribution in [0.5, 0.6) is 11.5 Å². The van der Waals surface area contributed by atoms with Crippen molar-refractivity contribution in [2.75, 3.05) is 19.5 Å². The van der Waals surface area contributed by atoms with Crippen LogP contribution in [0.2, 0.25) is 0 Å². The van der Waals surface area contributed by atoms with E-state index in [4.69, 9.17) is 9.47 Å². The van der Waals surface area contributed by atoms with E-state index in [0.29, 0.717) is 45.9 Å². The van der Waals surface area contributed by atoms with Crippen molar-refractivity contribution >= 4 is 23.4 Å². The van der Waals surface area contributed by atoms with Gasteiger partial charge in [0.15, 0.2) is 5.75 Å². The van der Waals surface area contributed by atoms with Crippen molar-refractivity contribution in [3.05, 3.63) is 71.5 Å². The van der Waals surface area contributed by atoms with Crippen LogP contribution in [0.4, 0.5) is 5.69 Å². The summed E-state index contributed by atoms with van der Waals surface area (Å²) in [5.41, 5.74) is 3.49. The average molecular weight is 574 g/mol. The second-order valence-electron chi connectivity index (χ2n) is 11.4. The van der Waals surface area contributed by atoms with E-state index >= 15 is 0 Å². The molecule has 224 valence electrons. The fraction of sp³-hybridized carbons (Fsp3) is 0.412. The lowest BCUT2D eigenvalue weighted by Crippen LogP contribution is -2.31. The minimum absolute atomic E-state index is 0.0362. The number of imide groups is 1. The molecule has 0 radical (unpaired) electrons. The lowest BCUT2D eigenvalue weighted by molar-refractivity contribution is -0.119. The number of ether oxygens (including phenoxy) is 2. The summed E-state index contributed by atoms with van der Waals surface area (Å²) in [7, 11) is 3.11. The van der Waals surface area contributed by atoms with E-state index in [1.54, 1.807) is 63.0 Å². The van der Waals surface area contributed by atoms with Gasteiger partial charge in [0.2, 0.25) is 11.8 Å². The molecule has 3 aromatic rings. The summed E-state index contributed by atoms with van der Waals surface area (Å²) < 4.78 is 11.6. The topological polar surface area (TPSA) is 107 Å². The summed E-state index contributed by atoms with van der Waals surface area (Å²) in [6.07, 6.45) is 8.96. The number of unbranched alkanes of at least 4 members (excludes halogenated alkanes) is 4. The Morgan fingerprint density at radius 2 is 1.67 bits per heavy atom. The van der Waals surface area contributed by atoms with Crippen LogP contribution in [-0.2, 0) is 21.4 Å². The summed E-state index contributed by atoms with van der Waals surface area (Å²) in [5.74, 6) is -0.0678.